The van der Waals surface area contributed by atoms with Crippen LogP contribution in [0.25, 0.3) is 22.4 Å². The number of rotatable bonds is 7. The first-order valence-electron chi connectivity index (χ1n) is 12.2. The van der Waals surface area contributed by atoms with Crippen LogP contribution in [0, 0.1) is 0 Å². The number of carbonyl (C=O) groups excluding carboxylic acids is 1. The van der Waals surface area contributed by atoms with Gasteiger partial charge in [-0.3, -0.25) is 4.79 Å². The van der Waals surface area contributed by atoms with Crippen molar-refractivity contribution in [3.8, 4) is 22.4 Å². The van der Waals surface area contributed by atoms with Gasteiger partial charge < -0.3 is 15.1 Å². The van der Waals surface area contributed by atoms with E-state index in [0.29, 0.717) is 0 Å². The molecule has 3 aromatic carbocycles. The fraction of sp³-hybridized carbons (Fsp3) is 0.241. The lowest BCUT2D eigenvalue weighted by Gasteiger charge is -2.27. The normalized spacial score (nSPS) is 13.6. The van der Waals surface area contributed by atoms with E-state index < -0.39 is 0 Å². The van der Waals surface area contributed by atoms with Crippen LogP contribution in [0.1, 0.15) is 22.8 Å². The number of nitrogens with one attached hydrogen (secondary N) is 1. The molecule has 4 aromatic rings. The molecule has 0 spiro atoms. The molecule has 6 heteroatoms. The minimum absolute atomic E-state index is 0.119. The molecule has 1 N–H and O–H groups in total. The average Bonchev–Trinajstić information content (AvgIpc) is 3.43. The lowest BCUT2D eigenvalue weighted by molar-refractivity contribution is 0.0736. The van der Waals surface area contributed by atoms with E-state index in [1.807, 2.05) is 23.1 Å². The Morgan fingerprint density at radius 1 is 0.914 bits per heavy atom. The third kappa shape index (κ3) is 5.45. The fourth-order valence-corrected chi connectivity index (χ4v) is 5.24. The zero-order chi connectivity index (χ0) is 24.0. The maximum atomic E-state index is 12.7. The molecule has 0 atom stereocenters. The first-order chi connectivity index (χ1) is 17.2. The summed E-state index contributed by atoms with van der Waals surface area (Å²) < 4.78 is 0. The van der Waals surface area contributed by atoms with Gasteiger partial charge in [0, 0.05) is 55.8 Å². The van der Waals surface area contributed by atoms with E-state index in [1.54, 1.807) is 11.3 Å². The number of carbonyl (C=O) groups is 1. The lowest BCUT2D eigenvalue weighted by atomic mass is 10.0. The smallest absolute Gasteiger partial charge is 0.253 e. The molecule has 1 aliphatic heterocycles. The molecular weight excluding hydrogens is 452 g/mol. The van der Waals surface area contributed by atoms with Gasteiger partial charge in [0.05, 0.1) is 5.69 Å². The summed E-state index contributed by atoms with van der Waals surface area (Å²) in [5, 5.41) is 6.43. The number of hydrogen-bond donors (Lipinski definition) is 1. The molecular formula is C29H30N4OS. The van der Waals surface area contributed by atoms with Gasteiger partial charge in [-0.2, -0.15) is 0 Å². The van der Waals surface area contributed by atoms with Gasteiger partial charge in [0.25, 0.3) is 5.91 Å². The summed E-state index contributed by atoms with van der Waals surface area (Å²) in [7, 11) is 0. The minimum Gasteiger partial charge on any atom is -0.344 e. The Hall–Kier alpha value is -3.48. The third-order valence-corrected chi connectivity index (χ3v) is 7.31. The molecule has 5 nitrogen and oxygen atoms in total. The van der Waals surface area contributed by atoms with Gasteiger partial charge >= 0.3 is 0 Å². The van der Waals surface area contributed by atoms with Crippen molar-refractivity contribution in [1.29, 1.82) is 0 Å². The second-order valence-electron chi connectivity index (χ2n) is 8.71. The molecule has 0 radical (unpaired) electrons. The van der Waals surface area contributed by atoms with Crippen molar-refractivity contribution in [2.75, 3.05) is 37.6 Å². The standard InChI is InChI=1S/C29H30N4OS/c1-2-32(20-22-8-10-26(11-9-22)28(34)33-18-16-30-17-19-33)29-31-27(21-35-29)25-14-12-24(13-15-25)23-6-4-3-5-7-23/h3-15,21,30H,2,16-20H2,1H3. The van der Waals surface area contributed by atoms with Crippen molar-refractivity contribution in [2.45, 2.75) is 13.5 Å². The highest BCUT2D eigenvalue weighted by molar-refractivity contribution is 7.14. The van der Waals surface area contributed by atoms with Crippen molar-refractivity contribution in [3.05, 3.63) is 95.4 Å². The predicted octanol–water partition coefficient (Wildman–Crippen LogP) is 5.55. The molecule has 178 valence electrons. The van der Waals surface area contributed by atoms with Crippen molar-refractivity contribution < 1.29 is 4.79 Å². The average molecular weight is 483 g/mol. The molecule has 0 bridgehead atoms. The Balaban J connectivity index is 1.25. The first-order valence-corrected chi connectivity index (χ1v) is 13.0. The second kappa shape index (κ2) is 10.8. The van der Waals surface area contributed by atoms with Crippen molar-refractivity contribution in [3.63, 3.8) is 0 Å². The fourth-order valence-electron chi connectivity index (χ4n) is 4.34. The molecule has 1 saturated heterocycles. The van der Waals surface area contributed by atoms with Crippen LogP contribution in [0.15, 0.2) is 84.2 Å². The van der Waals surface area contributed by atoms with E-state index in [0.717, 1.165) is 61.2 Å². The first kappa shape index (κ1) is 23.3. The number of thiazole rings is 1. The van der Waals surface area contributed by atoms with Crippen LogP contribution in [0.3, 0.4) is 0 Å². The van der Waals surface area contributed by atoms with Gasteiger partial charge in [-0.15, -0.1) is 11.3 Å². The number of anilines is 1. The zero-order valence-electron chi connectivity index (χ0n) is 20.0. The van der Waals surface area contributed by atoms with Crippen LogP contribution in [0.2, 0.25) is 0 Å². The molecule has 1 aromatic heterocycles. The highest BCUT2D eigenvalue weighted by atomic mass is 32.1. The van der Waals surface area contributed by atoms with Gasteiger partial charge in [0.15, 0.2) is 5.13 Å². The van der Waals surface area contributed by atoms with E-state index >= 15 is 0 Å². The monoisotopic (exact) mass is 482 g/mol. The van der Waals surface area contributed by atoms with Crippen LogP contribution in [-0.4, -0.2) is 48.5 Å². The Bertz CT molecular complexity index is 1250. The van der Waals surface area contributed by atoms with Crippen LogP contribution in [0.5, 0.6) is 0 Å². The van der Waals surface area contributed by atoms with Crippen LogP contribution < -0.4 is 10.2 Å². The van der Waals surface area contributed by atoms with E-state index in [4.69, 9.17) is 4.98 Å². The number of aromatic nitrogens is 1. The van der Waals surface area contributed by atoms with Crippen molar-refractivity contribution >= 4 is 22.4 Å². The van der Waals surface area contributed by atoms with E-state index in [-0.39, 0.29) is 5.91 Å². The summed E-state index contributed by atoms with van der Waals surface area (Å²) >= 11 is 1.67. The van der Waals surface area contributed by atoms with Crippen LogP contribution >= 0.6 is 11.3 Å². The summed E-state index contributed by atoms with van der Waals surface area (Å²) in [6.45, 7) is 7.04. The Morgan fingerprint density at radius 3 is 2.26 bits per heavy atom. The number of amides is 1. The van der Waals surface area contributed by atoms with E-state index in [1.165, 1.54) is 16.7 Å². The Kier molecular flexibility index (Phi) is 7.21. The van der Waals surface area contributed by atoms with Gasteiger partial charge in [-0.25, -0.2) is 4.98 Å². The Labute approximate surface area is 211 Å². The van der Waals surface area contributed by atoms with Gasteiger partial charge in [0.2, 0.25) is 0 Å². The highest BCUT2D eigenvalue weighted by Gasteiger charge is 2.18. The van der Waals surface area contributed by atoms with E-state index in [9.17, 15) is 4.79 Å². The van der Waals surface area contributed by atoms with Gasteiger partial charge in [0.1, 0.15) is 0 Å². The minimum atomic E-state index is 0.119. The van der Waals surface area contributed by atoms with Gasteiger partial charge in [-0.1, -0.05) is 66.7 Å². The lowest BCUT2D eigenvalue weighted by Crippen LogP contribution is -2.46. The summed E-state index contributed by atoms with van der Waals surface area (Å²) in [6, 6.07) is 27.1. The number of benzene rings is 3. The number of hydrogen-bond acceptors (Lipinski definition) is 5. The Morgan fingerprint density at radius 2 is 1.57 bits per heavy atom. The summed E-state index contributed by atoms with van der Waals surface area (Å²) in [5.74, 6) is 0.119. The molecule has 0 aliphatic carbocycles. The molecule has 0 unspecified atom stereocenters. The molecule has 35 heavy (non-hydrogen) atoms. The maximum absolute atomic E-state index is 12.7. The zero-order valence-corrected chi connectivity index (χ0v) is 20.8. The summed E-state index contributed by atoms with van der Waals surface area (Å²) in [5.41, 5.74) is 6.48. The van der Waals surface area contributed by atoms with E-state index in [2.05, 4.69) is 83.2 Å². The molecule has 1 aliphatic rings. The van der Waals surface area contributed by atoms with Crippen LogP contribution in [0.4, 0.5) is 5.13 Å². The van der Waals surface area contributed by atoms with Crippen LogP contribution in [-0.2, 0) is 6.54 Å². The quantitative estimate of drug-likeness (QED) is 0.375. The second-order valence-corrected chi connectivity index (χ2v) is 9.55. The van der Waals surface area contributed by atoms with Gasteiger partial charge in [-0.05, 0) is 35.7 Å². The molecule has 1 fully saturated rings. The maximum Gasteiger partial charge on any atom is 0.253 e. The number of piperazine rings is 1. The molecule has 1 amide bonds. The number of nitrogens with zero attached hydrogens (tertiary/aromatic N) is 3. The molecule has 0 saturated carbocycles. The largest absolute Gasteiger partial charge is 0.344 e. The molecule has 5 rings (SSSR count). The predicted molar refractivity (Wildman–Crippen MR) is 145 cm³/mol. The molecule has 2 heterocycles. The topological polar surface area (TPSA) is 48.5 Å². The van der Waals surface area contributed by atoms with Crippen molar-refractivity contribution in [2.24, 2.45) is 0 Å². The summed E-state index contributed by atoms with van der Waals surface area (Å²) in [4.78, 5) is 21.9. The third-order valence-electron chi connectivity index (χ3n) is 6.41. The SMILES string of the molecule is CCN(Cc1ccc(C(=O)N2CCNCC2)cc1)c1nc(-c2ccc(-c3ccccc3)cc2)cs1. The van der Waals surface area contributed by atoms with Crippen molar-refractivity contribution in [1.82, 2.24) is 15.2 Å². The summed E-state index contributed by atoms with van der Waals surface area (Å²) in [6.07, 6.45) is 0. The highest BCUT2D eigenvalue weighted by Crippen LogP contribution is 2.30.